The SMILES string of the molecule is CCc1ncc(S(=O)(=O)NCCC(Br)COC)[nH]1. The van der Waals surface area contributed by atoms with Crippen LogP contribution < -0.4 is 4.72 Å². The lowest BCUT2D eigenvalue weighted by Gasteiger charge is -2.09. The van der Waals surface area contributed by atoms with Crippen LogP contribution in [0.25, 0.3) is 0 Å². The molecule has 0 aliphatic rings. The van der Waals surface area contributed by atoms with Crippen molar-refractivity contribution >= 4 is 26.0 Å². The zero-order chi connectivity index (χ0) is 13.6. The molecule has 0 spiro atoms. The smallest absolute Gasteiger partial charge is 0.257 e. The van der Waals surface area contributed by atoms with Crippen molar-refractivity contribution in [1.82, 2.24) is 14.7 Å². The van der Waals surface area contributed by atoms with Crippen LogP contribution in [0.5, 0.6) is 0 Å². The Hall–Kier alpha value is -0.440. The lowest BCUT2D eigenvalue weighted by Crippen LogP contribution is -2.27. The number of nitrogens with zero attached hydrogens (tertiary/aromatic N) is 1. The Labute approximate surface area is 116 Å². The Morgan fingerprint density at radius 3 is 2.89 bits per heavy atom. The zero-order valence-electron chi connectivity index (χ0n) is 10.4. The third-order valence-corrected chi connectivity index (χ3v) is 4.42. The van der Waals surface area contributed by atoms with Gasteiger partial charge in [-0.3, -0.25) is 0 Å². The Kier molecular flexibility index (Phi) is 6.27. The standard InChI is InChI=1S/C10H18BrN3O3S/c1-3-9-12-6-10(14-9)18(15,16)13-5-4-8(11)7-17-2/h6,8,13H,3-5,7H2,1-2H3,(H,12,14). The maximum atomic E-state index is 11.9. The predicted molar refractivity (Wildman–Crippen MR) is 72.4 cm³/mol. The molecule has 1 heterocycles. The number of imidazole rings is 1. The number of halogens is 1. The molecule has 0 bridgehead atoms. The molecule has 2 N–H and O–H groups in total. The maximum Gasteiger partial charge on any atom is 0.257 e. The highest BCUT2D eigenvalue weighted by Gasteiger charge is 2.16. The van der Waals surface area contributed by atoms with Gasteiger partial charge < -0.3 is 9.72 Å². The third kappa shape index (κ3) is 4.68. The number of aromatic nitrogens is 2. The fourth-order valence-electron chi connectivity index (χ4n) is 1.35. The van der Waals surface area contributed by atoms with Gasteiger partial charge in [0, 0.05) is 24.9 Å². The van der Waals surface area contributed by atoms with Crippen LogP contribution in [0.1, 0.15) is 19.2 Å². The van der Waals surface area contributed by atoms with Crippen molar-refractivity contribution in [2.45, 2.75) is 29.6 Å². The van der Waals surface area contributed by atoms with E-state index in [2.05, 4.69) is 30.6 Å². The van der Waals surface area contributed by atoms with Crippen LogP contribution in [0.2, 0.25) is 0 Å². The molecule has 6 nitrogen and oxygen atoms in total. The number of H-pyrrole nitrogens is 1. The molecule has 8 heteroatoms. The van der Waals surface area contributed by atoms with Crippen LogP contribution in [-0.2, 0) is 21.2 Å². The summed E-state index contributed by atoms with van der Waals surface area (Å²) in [6.45, 7) is 2.80. The van der Waals surface area contributed by atoms with E-state index in [9.17, 15) is 8.42 Å². The normalized spacial score (nSPS) is 13.7. The third-order valence-electron chi connectivity index (χ3n) is 2.33. The number of nitrogens with one attached hydrogen (secondary N) is 2. The number of aromatic amines is 1. The second kappa shape index (κ2) is 7.22. The lowest BCUT2D eigenvalue weighted by molar-refractivity contribution is 0.199. The van der Waals surface area contributed by atoms with E-state index in [1.165, 1.54) is 6.20 Å². The minimum absolute atomic E-state index is 0.109. The predicted octanol–water partition coefficient (Wildman–Crippen LogP) is 1.05. The van der Waals surface area contributed by atoms with Gasteiger partial charge in [0.2, 0.25) is 0 Å². The van der Waals surface area contributed by atoms with Crippen LogP contribution >= 0.6 is 15.9 Å². The summed E-state index contributed by atoms with van der Waals surface area (Å²) >= 11 is 3.40. The fraction of sp³-hybridized carbons (Fsp3) is 0.700. The number of alkyl halides is 1. The summed E-state index contributed by atoms with van der Waals surface area (Å²) in [7, 11) is -1.88. The van der Waals surface area contributed by atoms with E-state index in [1.807, 2.05) is 6.92 Å². The van der Waals surface area contributed by atoms with Gasteiger partial charge >= 0.3 is 0 Å². The minimum Gasteiger partial charge on any atom is -0.384 e. The van der Waals surface area contributed by atoms with Crippen molar-refractivity contribution < 1.29 is 13.2 Å². The first-order valence-corrected chi connectivity index (χ1v) is 8.06. The van der Waals surface area contributed by atoms with Crippen molar-refractivity contribution in [3.05, 3.63) is 12.0 Å². The van der Waals surface area contributed by atoms with Gasteiger partial charge in [0.05, 0.1) is 12.8 Å². The van der Waals surface area contributed by atoms with Crippen LogP contribution in [0, 0.1) is 0 Å². The number of methoxy groups -OCH3 is 1. The number of ether oxygens (including phenoxy) is 1. The first-order valence-electron chi connectivity index (χ1n) is 5.66. The molecule has 0 fully saturated rings. The highest BCUT2D eigenvalue weighted by molar-refractivity contribution is 9.09. The van der Waals surface area contributed by atoms with Gasteiger partial charge in [-0.1, -0.05) is 22.9 Å². The van der Waals surface area contributed by atoms with Crippen molar-refractivity contribution in [2.75, 3.05) is 20.3 Å². The van der Waals surface area contributed by atoms with Crippen LogP contribution in [0.15, 0.2) is 11.2 Å². The first kappa shape index (κ1) is 15.6. The van der Waals surface area contributed by atoms with E-state index < -0.39 is 10.0 Å². The molecule has 0 aromatic carbocycles. The molecular weight excluding hydrogens is 322 g/mol. The Bertz CT molecular complexity index is 461. The summed E-state index contributed by atoms with van der Waals surface area (Å²) in [5.41, 5.74) is 0. The quantitative estimate of drug-likeness (QED) is 0.693. The molecular formula is C10H18BrN3O3S. The van der Waals surface area contributed by atoms with E-state index in [4.69, 9.17) is 4.74 Å². The van der Waals surface area contributed by atoms with Gasteiger partial charge in [0.25, 0.3) is 10.0 Å². The summed E-state index contributed by atoms with van der Waals surface area (Å²) in [5, 5.41) is 0.109. The molecule has 104 valence electrons. The molecule has 1 atom stereocenters. The fourth-order valence-corrected chi connectivity index (χ4v) is 2.83. The second-order valence-electron chi connectivity index (χ2n) is 3.79. The Balaban J connectivity index is 2.50. The monoisotopic (exact) mass is 339 g/mol. The van der Waals surface area contributed by atoms with Gasteiger partial charge in [-0.15, -0.1) is 0 Å². The van der Waals surface area contributed by atoms with E-state index in [-0.39, 0.29) is 9.85 Å². The van der Waals surface area contributed by atoms with Crippen LogP contribution in [0.4, 0.5) is 0 Å². The number of rotatable bonds is 8. The highest BCUT2D eigenvalue weighted by Crippen LogP contribution is 2.08. The largest absolute Gasteiger partial charge is 0.384 e. The highest BCUT2D eigenvalue weighted by atomic mass is 79.9. The summed E-state index contributed by atoms with van der Waals surface area (Å²) in [6, 6.07) is 0. The molecule has 1 aromatic rings. The van der Waals surface area contributed by atoms with E-state index in [0.717, 1.165) is 0 Å². The summed E-state index contributed by atoms with van der Waals surface area (Å²) < 4.78 is 31.2. The van der Waals surface area contributed by atoms with Gasteiger partial charge in [-0.2, -0.15) is 0 Å². The van der Waals surface area contributed by atoms with Crippen molar-refractivity contribution in [1.29, 1.82) is 0 Å². The maximum absolute atomic E-state index is 11.9. The average molecular weight is 340 g/mol. The van der Waals surface area contributed by atoms with Crippen LogP contribution in [0.3, 0.4) is 0 Å². The van der Waals surface area contributed by atoms with Gasteiger partial charge in [-0.25, -0.2) is 18.1 Å². The van der Waals surface area contributed by atoms with Crippen molar-refractivity contribution in [2.24, 2.45) is 0 Å². The van der Waals surface area contributed by atoms with Gasteiger partial charge in [-0.05, 0) is 6.42 Å². The lowest BCUT2D eigenvalue weighted by atomic mass is 10.3. The Morgan fingerprint density at radius 2 is 2.33 bits per heavy atom. The summed E-state index contributed by atoms with van der Waals surface area (Å²) in [6.07, 6.45) is 2.66. The van der Waals surface area contributed by atoms with Crippen LogP contribution in [-0.4, -0.2) is 43.5 Å². The van der Waals surface area contributed by atoms with E-state index in [1.54, 1.807) is 7.11 Å². The molecule has 0 saturated carbocycles. The molecule has 18 heavy (non-hydrogen) atoms. The van der Waals surface area contributed by atoms with Gasteiger partial charge in [0.15, 0.2) is 5.03 Å². The number of hydrogen-bond acceptors (Lipinski definition) is 4. The summed E-state index contributed by atoms with van der Waals surface area (Å²) in [5.74, 6) is 0.660. The topological polar surface area (TPSA) is 84.1 Å². The molecule has 0 aliphatic carbocycles. The number of aryl methyl sites for hydroxylation is 1. The first-order chi connectivity index (χ1) is 8.49. The minimum atomic E-state index is -3.49. The van der Waals surface area contributed by atoms with Crippen molar-refractivity contribution in [3.63, 3.8) is 0 Å². The molecule has 1 unspecified atom stereocenters. The average Bonchev–Trinajstić information content (AvgIpc) is 2.78. The molecule has 1 aromatic heterocycles. The Morgan fingerprint density at radius 1 is 1.61 bits per heavy atom. The van der Waals surface area contributed by atoms with E-state index in [0.29, 0.717) is 31.8 Å². The van der Waals surface area contributed by atoms with Gasteiger partial charge in [0.1, 0.15) is 5.82 Å². The molecule has 1 rings (SSSR count). The molecule has 0 aliphatic heterocycles. The zero-order valence-corrected chi connectivity index (χ0v) is 12.8. The van der Waals surface area contributed by atoms with E-state index >= 15 is 0 Å². The second-order valence-corrected chi connectivity index (χ2v) is 6.82. The molecule has 0 saturated heterocycles. The molecule has 0 radical (unpaired) electrons. The molecule has 0 amide bonds. The van der Waals surface area contributed by atoms with Crippen molar-refractivity contribution in [3.8, 4) is 0 Å². The summed E-state index contributed by atoms with van der Waals surface area (Å²) in [4.78, 5) is 6.88. The number of hydrogen-bond donors (Lipinski definition) is 2. The number of sulfonamides is 1.